The highest BCUT2D eigenvalue weighted by Crippen LogP contribution is 2.46. The molecular formula is C11H17O3P. The molecule has 84 valence electrons. The molecule has 0 aliphatic rings. The van der Waals surface area contributed by atoms with E-state index in [-0.39, 0.29) is 0 Å². The molecule has 1 rings (SSSR count). The third-order valence-electron chi connectivity index (χ3n) is 2.12. The fourth-order valence-electron chi connectivity index (χ4n) is 1.30. The van der Waals surface area contributed by atoms with E-state index in [4.69, 9.17) is 9.05 Å². The van der Waals surface area contributed by atoms with Crippen LogP contribution in [0.25, 0.3) is 0 Å². The zero-order chi connectivity index (χ0) is 11.3. The fraction of sp³-hybridized carbons (Fsp3) is 0.455. The van der Waals surface area contributed by atoms with Gasteiger partial charge in [0.1, 0.15) is 0 Å². The smallest absolute Gasteiger partial charge is 0.309 e. The minimum atomic E-state index is -3.11. The fourth-order valence-corrected chi connectivity index (χ4v) is 2.94. The molecule has 0 bridgehead atoms. The van der Waals surface area contributed by atoms with Crippen LogP contribution in [-0.4, -0.2) is 13.7 Å². The zero-order valence-corrected chi connectivity index (χ0v) is 10.3. The first-order chi connectivity index (χ1) is 7.14. The monoisotopic (exact) mass is 228 g/mol. The van der Waals surface area contributed by atoms with Crippen molar-refractivity contribution in [1.29, 1.82) is 0 Å². The molecule has 1 unspecified atom stereocenters. The lowest BCUT2D eigenvalue weighted by atomic mass is 10.2. The van der Waals surface area contributed by atoms with Crippen LogP contribution in [-0.2, 0) is 13.6 Å². The molecule has 0 aliphatic carbocycles. The summed E-state index contributed by atoms with van der Waals surface area (Å²) >= 11 is 0. The topological polar surface area (TPSA) is 35.5 Å². The van der Waals surface area contributed by atoms with Gasteiger partial charge in [0.25, 0.3) is 0 Å². The SMILES string of the molecule is CCCOP(=O)(OC)c1ccccc1C. The number of hydrogen-bond donors (Lipinski definition) is 0. The van der Waals surface area contributed by atoms with E-state index in [0.29, 0.717) is 11.9 Å². The van der Waals surface area contributed by atoms with E-state index in [1.54, 1.807) is 6.07 Å². The average Bonchev–Trinajstić information content (AvgIpc) is 2.26. The van der Waals surface area contributed by atoms with Gasteiger partial charge < -0.3 is 9.05 Å². The molecule has 0 amide bonds. The predicted octanol–water partition coefficient (Wildman–Crippen LogP) is 2.89. The first-order valence-corrected chi connectivity index (χ1v) is 6.55. The van der Waals surface area contributed by atoms with Crippen LogP contribution in [0.1, 0.15) is 18.9 Å². The lowest BCUT2D eigenvalue weighted by Gasteiger charge is -2.17. The molecule has 0 aromatic heterocycles. The number of aryl methyl sites for hydroxylation is 1. The minimum absolute atomic E-state index is 0.444. The van der Waals surface area contributed by atoms with Gasteiger partial charge in [-0.05, 0) is 25.0 Å². The summed E-state index contributed by atoms with van der Waals surface area (Å²) in [6.07, 6.45) is 0.819. The first-order valence-electron chi connectivity index (χ1n) is 5.00. The van der Waals surface area contributed by atoms with Crippen LogP contribution in [0.4, 0.5) is 0 Å². The first kappa shape index (κ1) is 12.4. The molecule has 0 radical (unpaired) electrons. The minimum Gasteiger partial charge on any atom is -0.309 e. The third kappa shape index (κ3) is 2.91. The molecule has 4 heteroatoms. The Kier molecular flexibility index (Phi) is 4.52. The van der Waals surface area contributed by atoms with Crippen molar-refractivity contribution < 1.29 is 13.6 Å². The van der Waals surface area contributed by atoms with Gasteiger partial charge >= 0.3 is 7.60 Å². The van der Waals surface area contributed by atoms with E-state index in [0.717, 1.165) is 12.0 Å². The van der Waals surface area contributed by atoms with Crippen molar-refractivity contribution in [3.05, 3.63) is 29.8 Å². The Morgan fingerprint density at radius 2 is 2.00 bits per heavy atom. The van der Waals surface area contributed by atoms with Crippen molar-refractivity contribution in [2.45, 2.75) is 20.3 Å². The maximum absolute atomic E-state index is 12.3. The summed E-state index contributed by atoms with van der Waals surface area (Å²) in [4.78, 5) is 0. The summed E-state index contributed by atoms with van der Waals surface area (Å²) in [6.45, 7) is 4.31. The maximum atomic E-state index is 12.3. The van der Waals surface area contributed by atoms with Crippen molar-refractivity contribution >= 4 is 12.9 Å². The van der Waals surface area contributed by atoms with Crippen molar-refractivity contribution in [3.63, 3.8) is 0 Å². The molecular weight excluding hydrogens is 211 g/mol. The average molecular weight is 228 g/mol. The summed E-state index contributed by atoms with van der Waals surface area (Å²) in [5, 5.41) is 0.654. The maximum Gasteiger partial charge on any atom is 0.361 e. The van der Waals surface area contributed by atoms with Gasteiger partial charge in [0.05, 0.1) is 11.9 Å². The van der Waals surface area contributed by atoms with Crippen molar-refractivity contribution in [1.82, 2.24) is 0 Å². The van der Waals surface area contributed by atoms with Gasteiger partial charge in [0.2, 0.25) is 0 Å². The Balaban J connectivity index is 3.01. The summed E-state index contributed by atoms with van der Waals surface area (Å²) in [7, 11) is -1.69. The van der Waals surface area contributed by atoms with E-state index in [1.807, 2.05) is 32.0 Å². The second-order valence-electron chi connectivity index (χ2n) is 3.30. The summed E-state index contributed by atoms with van der Waals surface area (Å²) in [5.41, 5.74) is 0.929. The molecule has 0 N–H and O–H groups in total. The van der Waals surface area contributed by atoms with Gasteiger partial charge in [0, 0.05) is 7.11 Å². The van der Waals surface area contributed by atoms with Crippen molar-refractivity contribution in [3.8, 4) is 0 Å². The quantitative estimate of drug-likeness (QED) is 0.727. The highest BCUT2D eigenvalue weighted by Gasteiger charge is 2.27. The van der Waals surface area contributed by atoms with E-state index in [1.165, 1.54) is 7.11 Å². The molecule has 0 saturated heterocycles. The van der Waals surface area contributed by atoms with Crippen LogP contribution < -0.4 is 5.30 Å². The lowest BCUT2D eigenvalue weighted by molar-refractivity contribution is 0.243. The number of rotatable bonds is 5. The lowest BCUT2D eigenvalue weighted by Crippen LogP contribution is -2.12. The summed E-state index contributed by atoms with van der Waals surface area (Å²) < 4.78 is 22.7. The van der Waals surface area contributed by atoms with Gasteiger partial charge in [-0.2, -0.15) is 0 Å². The van der Waals surface area contributed by atoms with Crippen molar-refractivity contribution in [2.75, 3.05) is 13.7 Å². The highest BCUT2D eigenvalue weighted by atomic mass is 31.2. The molecule has 3 nitrogen and oxygen atoms in total. The molecule has 1 aromatic rings. The van der Waals surface area contributed by atoms with Gasteiger partial charge in [-0.1, -0.05) is 25.1 Å². The van der Waals surface area contributed by atoms with Crippen LogP contribution in [0.2, 0.25) is 0 Å². The molecule has 0 saturated carbocycles. The van der Waals surface area contributed by atoms with Crippen LogP contribution in [0.3, 0.4) is 0 Å². The second kappa shape index (κ2) is 5.45. The molecule has 1 atom stereocenters. The van der Waals surface area contributed by atoms with E-state index in [9.17, 15) is 4.57 Å². The van der Waals surface area contributed by atoms with Crippen LogP contribution in [0, 0.1) is 6.92 Å². The van der Waals surface area contributed by atoms with Gasteiger partial charge in [-0.15, -0.1) is 0 Å². The Labute approximate surface area is 90.9 Å². The number of hydrogen-bond acceptors (Lipinski definition) is 3. The van der Waals surface area contributed by atoms with Gasteiger partial charge in [0.15, 0.2) is 0 Å². The molecule has 15 heavy (non-hydrogen) atoms. The number of benzene rings is 1. The largest absolute Gasteiger partial charge is 0.361 e. The highest BCUT2D eigenvalue weighted by molar-refractivity contribution is 7.62. The van der Waals surface area contributed by atoms with Gasteiger partial charge in [-0.3, -0.25) is 4.57 Å². The van der Waals surface area contributed by atoms with Crippen LogP contribution >= 0.6 is 7.60 Å². The molecule has 0 fully saturated rings. The van der Waals surface area contributed by atoms with E-state index < -0.39 is 7.60 Å². The van der Waals surface area contributed by atoms with E-state index >= 15 is 0 Å². The Morgan fingerprint density at radius 3 is 2.53 bits per heavy atom. The second-order valence-corrected chi connectivity index (χ2v) is 5.40. The Hall–Kier alpha value is -0.630. The molecule has 0 aliphatic heterocycles. The predicted molar refractivity (Wildman–Crippen MR) is 61.7 cm³/mol. The summed E-state index contributed by atoms with van der Waals surface area (Å²) in [6, 6.07) is 7.42. The van der Waals surface area contributed by atoms with Crippen molar-refractivity contribution in [2.24, 2.45) is 0 Å². The molecule has 0 heterocycles. The normalized spacial score (nSPS) is 14.9. The Morgan fingerprint density at radius 1 is 1.33 bits per heavy atom. The third-order valence-corrected chi connectivity index (χ3v) is 4.21. The van der Waals surface area contributed by atoms with Crippen LogP contribution in [0.15, 0.2) is 24.3 Å². The van der Waals surface area contributed by atoms with E-state index in [2.05, 4.69) is 0 Å². The summed E-state index contributed by atoms with van der Waals surface area (Å²) in [5.74, 6) is 0. The molecule has 1 aromatic carbocycles. The standard InChI is InChI=1S/C11H17O3P/c1-4-9-14-15(12,13-3)11-8-6-5-7-10(11)2/h5-8H,4,9H2,1-3H3. The van der Waals surface area contributed by atoms with Crippen LogP contribution in [0.5, 0.6) is 0 Å². The molecule has 0 spiro atoms. The Bertz CT molecular complexity index is 363. The van der Waals surface area contributed by atoms with Gasteiger partial charge in [-0.25, -0.2) is 0 Å². The zero-order valence-electron chi connectivity index (χ0n) is 9.40.